The second-order valence-corrected chi connectivity index (χ2v) is 6.25. The van der Waals surface area contributed by atoms with E-state index in [0.29, 0.717) is 0 Å². The van der Waals surface area contributed by atoms with Crippen LogP contribution in [0.25, 0.3) is 6.08 Å². The van der Waals surface area contributed by atoms with E-state index < -0.39 is 0 Å². The van der Waals surface area contributed by atoms with Crippen molar-refractivity contribution in [1.29, 1.82) is 0 Å². The molecule has 0 heteroatoms. The van der Waals surface area contributed by atoms with E-state index in [1.165, 1.54) is 22.3 Å². The Hall–Kier alpha value is -2.86. The smallest absolute Gasteiger partial charge is 0.0554 e. The van der Waals surface area contributed by atoms with E-state index in [0.717, 1.165) is 0 Å². The molecule has 3 aromatic rings. The minimum Gasteiger partial charge on any atom is -0.102 e. The summed E-state index contributed by atoms with van der Waals surface area (Å²) in [7, 11) is 0. The van der Waals surface area contributed by atoms with Gasteiger partial charge in [-0.2, -0.15) is 0 Å². The Morgan fingerprint density at radius 3 is 1.83 bits per heavy atom. The molecule has 0 bridgehead atoms. The molecule has 0 saturated carbocycles. The standard InChI is InChI=1S/C24H20/c1-2-20-18-17-19-11-9-10-16-23(19)24(20,21-12-5-3-6-13-21)22-14-7-4-8-15-22/h2-18,20H,1H2. The summed E-state index contributed by atoms with van der Waals surface area (Å²) in [4.78, 5) is 0. The Labute approximate surface area is 143 Å². The summed E-state index contributed by atoms with van der Waals surface area (Å²) in [5, 5.41) is 0. The number of rotatable bonds is 3. The lowest BCUT2D eigenvalue weighted by Crippen LogP contribution is -2.38. The normalized spacial score (nSPS) is 17.9. The molecule has 116 valence electrons. The number of hydrogen-bond acceptors (Lipinski definition) is 0. The van der Waals surface area contributed by atoms with Crippen LogP contribution in [0.5, 0.6) is 0 Å². The lowest BCUT2D eigenvalue weighted by Gasteiger charge is -2.43. The molecule has 0 nitrogen and oxygen atoms in total. The third-order valence-electron chi connectivity index (χ3n) is 5.08. The van der Waals surface area contributed by atoms with Crippen molar-refractivity contribution < 1.29 is 0 Å². The number of allylic oxidation sites excluding steroid dienone is 2. The summed E-state index contributed by atoms with van der Waals surface area (Å²) in [6.45, 7) is 4.15. The van der Waals surface area contributed by atoms with E-state index in [2.05, 4.69) is 110 Å². The summed E-state index contributed by atoms with van der Waals surface area (Å²) in [5.41, 5.74) is 4.99. The first-order valence-electron chi connectivity index (χ1n) is 8.38. The fourth-order valence-corrected chi connectivity index (χ4v) is 4.05. The average Bonchev–Trinajstić information content (AvgIpc) is 2.68. The summed E-state index contributed by atoms with van der Waals surface area (Å²) in [6, 6.07) is 30.3. The summed E-state index contributed by atoms with van der Waals surface area (Å²) >= 11 is 0. The Balaban J connectivity index is 2.13. The Kier molecular flexibility index (Phi) is 3.66. The van der Waals surface area contributed by atoms with Crippen molar-refractivity contribution in [2.45, 2.75) is 5.41 Å². The zero-order chi connectivity index (χ0) is 16.4. The monoisotopic (exact) mass is 308 g/mol. The van der Waals surface area contributed by atoms with Crippen LogP contribution >= 0.6 is 0 Å². The lowest BCUT2D eigenvalue weighted by atomic mass is 9.59. The molecule has 0 spiro atoms. The largest absolute Gasteiger partial charge is 0.102 e. The van der Waals surface area contributed by atoms with Gasteiger partial charge in [-0.3, -0.25) is 0 Å². The van der Waals surface area contributed by atoms with E-state index in [4.69, 9.17) is 0 Å². The van der Waals surface area contributed by atoms with Crippen molar-refractivity contribution in [1.82, 2.24) is 0 Å². The fraction of sp³-hybridized carbons (Fsp3) is 0.0833. The van der Waals surface area contributed by atoms with Gasteiger partial charge in [-0.05, 0) is 22.3 Å². The van der Waals surface area contributed by atoms with Crippen molar-refractivity contribution in [2.24, 2.45) is 5.92 Å². The molecular formula is C24H20. The van der Waals surface area contributed by atoms with Gasteiger partial charge in [0, 0.05) is 5.92 Å². The maximum Gasteiger partial charge on any atom is 0.0554 e. The predicted molar refractivity (Wildman–Crippen MR) is 102 cm³/mol. The highest BCUT2D eigenvalue weighted by Crippen LogP contribution is 2.50. The highest BCUT2D eigenvalue weighted by Gasteiger charge is 2.43. The van der Waals surface area contributed by atoms with Crippen LogP contribution in [0.1, 0.15) is 22.3 Å². The summed E-state index contributed by atoms with van der Waals surface area (Å²) in [5.74, 6) is 0.206. The van der Waals surface area contributed by atoms with Gasteiger partial charge in [0.15, 0.2) is 0 Å². The van der Waals surface area contributed by atoms with Crippen LogP contribution < -0.4 is 0 Å². The Morgan fingerprint density at radius 1 is 0.708 bits per heavy atom. The first kappa shape index (κ1) is 14.7. The molecule has 1 unspecified atom stereocenters. The molecule has 24 heavy (non-hydrogen) atoms. The summed E-state index contributed by atoms with van der Waals surface area (Å²) in [6.07, 6.45) is 6.59. The average molecular weight is 308 g/mol. The molecule has 0 saturated heterocycles. The second kappa shape index (κ2) is 5.98. The molecule has 0 fully saturated rings. The van der Waals surface area contributed by atoms with E-state index >= 15 is 0 Å². The zero-order valence-corrected chi connectivity index (χ0v) is 13.6. The quantitative estimate of drug-likeness (QED) is 0.532. The molecule has 3 aromatic carbocycles. The van der Waals surface area contributed by atoms with Gasteiger partial charge in [0.1, 0.15) is 0 Å². The van der Waals surface area contributed by atoms with E-state index in [9.17, 15) is 0 Å². The highest BCUT2D eigenvalue weighted by atomic mass is 14.4. The summed E-state index contributed by atoms with van der Waals surface area (Å²) < 4.78 is 0. The van der Waals surface area contributed by atoms with Gasteiger partial charge >= 0.3 is 0 Å². The van der Waals surface area contributed by atoms with Crippen LogP contribution in [0.3, 0.4) is 0 Å². The minimum atomic E-state index is -0.240. The van der Waals surface area contributed by atoms with Crippen LogP contribution in [0.2, 0.25) is 0 Å². The topological polar surface area (TPSA) is 0 Å². The zero-order valence-electron chi connectivity index (χ0n) is 13.6. The molecule has 1 aliphatic carbocycles. The molecule has 0 aromatic heterocycles. The van der Waals surface area contributed by atoms with Crippen LogP contribution in [0.15, 0.2) is 104 Å². The SMILES string of the molecule is C=CC1C=Cc2ccccc2C1(c1ccccc1)c1ccccc1. The van der Waals surface area contributed by atoms with Crippen molar-refractivity contribution in [3.63, 3.8) is 0 Å². The molecule has 0 N–H and O–H groups in total. The number of fused-ring (bicyclic) bond motifs is 1. The first-order chi connectivity index (χ1) is 11.9. The van der Waals surface area contributed by atoms with Crippen molar-refractivity contribution >= 4 is 6.08 Å². The third kappa shape index (κ3) is 2.07. The maximum atomic E-state index is 4.15. The van der Waals surface area contributed by atoms with Crippen molar-refractivity contribution in [2.75, 3.05) is 0 Å². The predicted octanol–water partition coefficient (Wildman–Crippen LogP) is 5.85. The van der Waals surface area contributed by atoms with Crippen LogP contribution in [-0.2, 0) is 5.41 Å². The second-order valence-electron chi connectivity index (χ2n) is 6.25. The molecule has 0 heterocycles. The lowest BCUT2D eigenvalue weighted by molar-refractivity contribution is 0.519. The van der Waals surface area contributed by atoms with Gasteiger partial charge in [-0.1, -0.05) is 103 Å². The van der Waals surface area contributed by atoms with Gasteiger partial charge in [-0.15, -0.1) is 6.58 Å². The van der Waals surface area contributed by atoms with Crippen LogP contribution in [0, 0.1) is 5.92 Å². The van der Waals surface area contributed by atoms with Gasteiger partial charge in [0.25, 0.3) is 0 Å². The van der Waals surface area contributed by atoms with Crippen LogP contribution in [-0.4, -0.2) is 0 Å². The molecular weight excluding hydrogens is 288 g/mol. The molecule has 1 aliphatic rings. The third-order valence-corrected chi connectivity index (χ3v) is 5.08. The minimum absolute atomic E-state index is 0.206. The number of hydrogen-bond donors (Lipinski definition) is 0. The maximum absolute atomic E-state index is 4.15. The van der Waals surface area contributed by atoms with E-state index in [1.807, 2.05) is 0 Å². The molecule has 1 atom stereocenters. The molecule has 0 aliphatic heterocycles. The fourth-order valence-electron chi connectivity index (χ4n) is 4.05. The van der Waals surface area contributed by atoms with Gasteiger partial charge in [0.05, 0.1) is 5.41 Å². The molecule has 0 amide bonds. The Morgan fingerprint density at radius 2 is 1.25 bits per heavy atom. The van der Waals surface area contributed by atoms with Crippen molar-refractivity contribution in [3.05, 3.63) is 126 Å². The van der Waals surface area contributed by atoms with Gasteiger partial charge in [0.2, 0.25) is 0 Å². The molecule has 4 rings (SSSR count). The molecule has 0 radical (unpaired) electrons. The van der Waals surface area contributed by atoms with E-state index in [-0.39, 0.29) is 11.3 Å². The Bertz CT molecular complexity index is 833. The van der Waals surface area contributed by atoms with Gasteiger partial charge < -0.3 is 0 Å². The highest BCUT2D eigenvalue weighted by molar-refractivity contribution is 5.68. The number of benzene rings is 3. The van der Waals surface area contributed by atoms with Crippen LogP contribution in [0.4, 0.5) is 0 Å². The first-order valence-corrected chi connectivity index (χ1v) is 8.38. The van der Waals surface area contributed by atoms with Gasteiger partial charge in [-0.25, -0.2) is 0 Å². The van der Waals surface area contributed by atoms with E-state index in [1.54, 1.807) is 0 Å². The van der Waals surface area contributed by atoms with Crippen molar-refractivity contribution in [3.8, 4) is 0 Å².